The highest BCUT2D eigenvalue weighted by Gasteiger charge is 2.38. The van der Waals surface area contributed by atoms with Gasteiger partial charge in [-0.15, -0.1) is 0 Å². The number of phenolic OH excluding ortho intramolecular Hbond substituents is 1. The summed E-state index contributed by atoms with van der Waals surface area (Å²) in [6.45, 7) is 5.17. The summed E-state index contributed by atoms with van der Waals surface area (Å²) in [4.78, 5) is 31.0. The number of benzene rings is 1. The highest BCUT2D eigenvalue weighted by atomic mass is 19.4. The van der Waals surface area contributed by atoms with Crippen LogP contribution in [0.25, 0.3) is 22.3 Å². The maximum absolute atomic E-state index is 14.7. The lowest BCUT2D eigenvalue weighted by Crippen LogP contribution is -2.32. The monoisotopic (exact) mass is 489 g/mol. The third kappa shape index (κ3) is 3.82. The van der Waals surface area contributed by atoms with E-state index in [1.165, 1.54) is 6.20 Å². The van der Waals surface area contributed by atoms with Crippen molar-refractivity contribution >= 4 is 10.9 Å². The summed E-state index contributed by atoms with van der Waals surface area (Å²) < 4.78 is 57.7. The molecule has 3 aromatic heterocycles. The number of alkyl halides is 3. The molecule has 0 saturated heterocycles. The Kier molecular flexibility index (Phi) is 5.66. The Hall–Kier alpha value is -4.15. The van der Waals surface area contributed by atoms with E-state index in [1.807, 2.05) is 0 Å². The number of aromatic nitrogens is 3. The molecule has 0 aliphatic rings. The SMILES string of the molecule is Cc1ccnc(C(C)C)c1-n1c(=O)cc(O)c2cc(C(F)(F)F)n(-c3c(O)cccc3F)c(=O)c21. The van der Waals surface area contributed by atoms with Gasteiger partial charge in [-0.2, -0.15) is 13.2 Å². The van der Waals surface area contributed by atoms with E-state index in [1.54, 1.807) is 26.8 Å². The van der Waals surface area contributed by atoms with Crippen LogP contribution in [0.15, 0.2) is 52.2 Å². The molecule has 7 nitrogen and oxygen atoms in total. The number of para-hydroxylation sites is 1. The number of halogens is 4. The number of phenols is 1. The van der Waals surface area contributed by atoms with Gasteiger partial charge in [-0.25, -0.2) is 4.39 Å². The molecule has 0 amide bonds. The maximum Gasteiger partial charge on any atom is 0.431 e. The van der Waals surface area contributed by atoms with Crippen LogP contribution in [0.2, 0.25) is 0 Å². The molecule has 0 aliphatic heterocycles. The molecular weight excluding hydrogens is 470 g/mol. The van der Waals surface area contributed by atoms with Crippen LogP contribution >= 0.6 is 0 Å². The van der Waals surface area contributed by atoms with Crippen LogP contribution < -0.4 is 11.1 Å². The smallest absolute Gasteiger partial charge is 0.431 e. The third-order valence-electron chi connectivity index (χ3n) is 5.57. The number of pyridine rings is 3. The van der Waals surface area contributed by atoms with Crippen molar-refractivity contribution in [3.8, 4) is 22.9 Å². The molecular formula is C24H19F4N3O4. The van der Waals surface area contributed by atoms with Gasteiger partial charge >= 0.3 is 6.18 Å². The minimum absolute atomic E-state index is 0.0386. The number of aromatic hydroxyl groups is 2. The molecule has 0 saturated carbocycles. The Morgan fingerprint density at radius 2 is 1.66 bits per heavy atom. The van der Waals surface area contributed by atoms with Crippen LogP contribution in [0.1, 0.15) is 36.7 Å². The number of aryl methyl sites for hydroxylation is 1. The molecule has 35 heavy (non-hydrogen) atoms. The number of fused-ring (bicyclic) bond motifs is 1. The van der Waals surface area contributed by atoms with Crippen molar-refractivity contribution in [2.24, 2.45) is 0 Å². The summed E-state index contributed by atoms with van der Waals surface area (Å²) in [5.74, 6) is -3.34. The lowest BCUT2D eigenvalue weighted by atomic mass is 10.0. The third-order valence-corrected chi connectivity index (χ3v) is 5.57. The van der Waals surface area contributed by atoms with Gasteiger partial charge in [0.25, 0.3) is 11.1 Å². The van der Waals surface area contributed by atoms with Crippen LogP contribution in [0, 0.1) is 12.7 Å². The van der Waals surface area contributed by atoms with E-state index in [-0.39, 0.29) is 16.2 Å². The number of rotatable bonds is 3. The first-order valence-corrected chi connectivity index (χ1v) is 10.4. The first kappa shape index (κ1) is 24.0. The summed E-state index contributed by atoms with van der Waals surface area (Å²) in [7, 11) is 0. The summed E-state index contributed by atoms with van der Waals surface area (Å²) in [5, 5.41) is 20.0. The Bertz CT molecular complexity index is 1580. The van der Waals surface area contributed by atoms with Crippen molar-refractivity contribution in [1.29, 1.82) is 0 Å². The van der Waals surface area contributed by atoms with Crippen molar-refractivity contribution in [1.82, 2.24) is 14.1 Å². The van der Waals surface area contributed by atoms with Crippen LogP contribution in [-0.2, 0) is 6.18 Å². The van der Waals surface area contributed by atoms with Crippen molar-refractivity contribution in [3.63, 3.8) is 0 Å². The minimum Gasteiger partial charge on any atom is -0.507 e. The quantitative estimate of drug-likeness (QED) is 0.412. The zero-order valence-corrected chi connectivity index (χ0v) is 18.7. The van der Waals surface area contributed by atoms with Crippen LogP contribution in [0.4, 0.5) is 17.6 Å². The van der Waals surface area contributed by atoms with E-state index >= 15 is 0 Å². The van der Waals surface area contributed by atoms with Gasteiger partial charge in [-0.05, 0) is 42.7 Å². The van der Waals surface area contributed by atoms with Crippen LogP contribution in [0.5, 0.6) is 11.5 Å². The average molecular weight is 489 g/mol. The van der Waals surface area contributed by atoms with Gasteiger partial charge in [0.2, 0.25) is 0 Å². The fourth-order valence-corrected chi connectivity index (χ4v) is 4.04. The fraction of sp³-hybridized carbons (Fsp3) is 0.208. The van der Waals surface area contributed by atoms with E-state index in [2.05, 4.69) is 4.98 Å². The predicted molar refractivity (Wildman–Crippen MR) is 120 cm³/mol. The van der Waals surface area contributed by atoms with Crippen molar-refractivity contribution in [2.75, 3.05) is 0 Å². The normalized spacial score (nSPS) is 12.0. The van der Waals surface area contributed by atoms with Crippen molar-refractivity contribution < 1.29 is 27.8 Å². The molecule has 0 aliphatic carbocycles. The molecule has 4 rings (SSSR count). The number of nitrogens with zero attached hydrogens (tertiary/aromatic N) is 3. The van der Waals surface area contributed by atoms with Gasteiger partial charge < -0.3 is 10.2 Å². The standard InChI is InChI=1S/C24H19F4N3O4/c1-11(2)19-20(12(3)7-8-29-19)31-18(34)10-16(33)13-9-17(24(26,27)28)30(23(35)21(13)31)22-14(25)5-4-6-15(22)32/h4-11,32-33H,1-3H3. The molecule has 2 N–H and O–H groups in total. The molecule has 0 fully saturated rings. The van der Waals surface area contributed by atoms with E-state index in [0.717, 1.165) is 22.8 Å². The second-order valence-electron chi connectivity index (χ2n) is 8.26. The molecule has 182 valence electrons. The van der Waals surface area contributed by atoms with Crippen molar-refractivity contribution in [3.05, 3.63) is 86.1 Å². The fourth-order valence-electron chi connectivity index (χ4n) is 4.04. The summed E-state index contributed by atoms with van der Waals surface area (Å²) >= 11 is 0. The number of hydrogen-bond donors (Lipinski definition) is 2. The lowest BCUT2D eigenvalue weighted by molar-refractivity contribution is -0.142. The lowest BCUT2D eigenvalue weighted by Gasteiger charge is -2.21. The second-order valence-corrected chi connectivity index (χ2v) is 8.26. The zero-order valence-electron chi connectivity index (χ0n) is 18.7. The van der Waals surface area contributed by atoms with Gasteiger partial charge in [0.15, 0.2) is 5.82 Å². The summed E-state index contributed by atoms with van der Waals surface area (Å²) in [6.07, 6.45) is -3.71. The Labute approximate surface area is 195 Å². The largest absolute Gasteiger partial charge is 0.507 e. The van der Waals surface area contributed by atoms with E-state index in [9.17, 15) is 37.4 Å². The molecule has 0 unspecified atom stereocenters. The molecule has 4 aromatic rings. The minimum atomic E-state index is -5.19. The Morgan fingerprint density at radius 3 is 2.26 bits per heavy atom. The topological polar surface area (TPSA) is 97.3 Å². The van der Waals surface area contributed by atoms with E-state index < -0.39 is 56.9 Å². The Balaban J connectivity index is 2.33. The summed E-state index contributed by atoms with van der Waals surface area (Å²) in [5.41, 5.74) is -4.70. The van der Waals surface area contributed by atoms with Gasteiger partial charge in [0.1, 0.15) is 28.4 Å². The van der Waals surface area contributed by atoms with Gasteiger partial charge in [-0.3, -0.25) is 23.7 Å². The van der Waals surface area contributed by atoms with Crippen LogP contribution in [-0.4, -0.2) is 24.3 Å². The molecule has 1 aromatic carbocycles. The van der Waals surface area contributed by atoms with Crippen LogP contribution in [0.3, 0.4) is 0 Å². The predicted octanol–water partition coefficient (Wildman–Crippen LogP) is 4.54. The molecule has 0 bridgehead atoms. The zero-order chi connectivity index (χ0) is 25.8. The van der Waals surface area contributed by atoms with Gasteiger partial charge in [0, 0.05) is 17.6 Å². The molecule has 0 atom stereocenters. The summed E-state index contributed by atoms with van der Waals surface area (Å²) in [6, 6.07) is 5.45. The second kappa shape index (κ2) is 8.26. The van der Waals surface area contributed by atoms with Crippen molar-refractivity contribution in [2.45, 2.75) is 32.9 Å². The molecule has 0 spiro atoms. The Morgan fingerprint density at radius 1 is 0.971 bits per heavy atom. The highest BCUT2D eigenvalue weighted by molar-refractivity contribution is 5.87. The van der Waals surface area contributed by atoms with Gasteiger partial charge in [0.05, 0.1) is 11.4 Å². The molecule has 11 heteroatoms. The number of hydrogen-bond acceptors (Lipinski definition) is 5. The highest BCUT2D eigenvalue weighted by Crippen LogP contribution is 2.37. The first-order chi connectivity index (χ1) is 16.3. The van der Waals surface area contributed by atoms with Gasteiger partial charge in [-0.1, -0.05) is 19.9 Å². The molecule has 3 heterocycles. The maximum atomic E-state index is 14.7. The van der Waals surface area contributed by atoms with E-state index in [0.29, 0.717) is 23.4 Å². The first-order valence-electron chi connectivity index (χ1n) is 10.4. The molecule has 0 radical (unpaired) electrons. The average Bonchev–Trinajstić information content (AvgIpc) is 2.75. The van der Waals surface area contributed by atoms with E-state index in [4.69, 9.17) is 0 Å².